The van der Waals surface area contributed by atoms with E-state index in [9.17, 15) is 9.59 Å². The lowest BCUT2D eigenvalue weighted by Gasteiger charge is -2.14. The van der Waals surface area contributed by atoms with E-state index < -0.39 is 5.97 Å². The molecule has 0 saturated carbocycles. The molecule has 144 valence electrons. The van der Waals surface area contributed by atoms with E-state index in [1.165, 1.54) is 21.3 Å². The predicted molar refractivity (Wildman–Crippen MR) is 101 cm³/mol. The van der Waals surface area contributed by atoms with Gasteiger partial charge in [0.15, 0.2) is 18.1 Å². The summed E-state index contributed by atoms with van der Waals surface area (Å²) in [6.45, 7) is 3.46. The van der Waals surface area contributed by atoms with Gasteiger partial charge in [0.2, 0.25) is 11.5 Å². The Kier molecular flexibility index (Phi) is 6.82. The number of ketones is 1. The van der Waals surface area contributed by atoms with Crippen molar-refractivity contribution < 1.29 is 28.5 Å². The molecule has 0 unspecified atom stereocenters. The number of hydrogen-bond donors (Lipinski definition) is 0. The average Bonchev–Trinajstić information content (AvgIpc) is 2.67. The molecule has 2 aromatic rings. The first-order valence-electron chi connectivity index (χ1n) is 8.44. The standard InChI is InChI=1S/C21H24O6/c1-13-6-7-14(2)16(8-13)17(22)12-27-20(23)11-15-9-18(24-3)21(26-5)19(10-15)25-4/h6-10H,11-12H2,1-5H3. The van der Waals surface area contributed by atoms with Crippen LogP contribution in [0.4, 0.5) is 0 Å². The van der Waals surface area contributed by atoms with E-state index in [1.54, 1.807) is 18.2 Å². The van der Waals surface area contributed by atoms with Crippen LogP contribution in [0.5, 0.6) is 17.2 Å². The molecule has 2 rings (SSSR count). The maximum Gasteiger partial charge on any atom is 0.310 e. The molecule has 0 atom stereocenters. The van der Waals surface area contributed by atoms with Crippen molar-refractivity contribution in [2.24, 2.45) is 0 Å². The molecule has 0 fully saturated rings. The Hall–Kier alpha value is -3.02. The molecular weight excluding hydrogens is 348 g/mol. The molecule has 0 saturated heterocycles. The zero-order valence-corrected chi connectivity index (χ0v) is 16.3. The van der Waals surface area contributed by atoms with E-state index in [2.05, 4.69) is 0 Å². The zero-order chi connectivity index (χ0) is 20.0. The van der Waals surface area contributed by atoms with E-state index in [0.29, 0.717) is 28.4 Å². The lowest BCUT2D eigenvalue weighted by Crippen LogP contribution is -2.16. The van der Waals surface area contributed by atoms with Gasteiger partial charge in [0.05, 0.1) is 27.8 Å². The largest absolute Gasteiger partial charge is 0.493 e. The molecule has 6 heteroatoms. The van der Waals surface area contributed by atoms with Gasteiger partial charge in [-0.25, -0.2) is 0 Å². The maximum absolute atomic E-state index is 12.3. The second-order valence-electron chi connectivity index (χ2n) is 6.11. The highest BCUT2D eigenvalue weighted by atomic mass is 16.5. The molecule has 2 aromatic carbocycles. The van der Waals surface area contributed by atoms with Crippen LogP contribution in [0, 0.1) is 13.8 Å². The van der Waals surface area contributed by atoms with E-state index in [0.717, 1.165) is 11.1 Å². The van der Waals surface area contributed by atoms with Gasteiger partial charge < -0.3 is 18.9 Å². The summed E-state index contributed by atoms with van der Waals surface area (Å²) in [6.07, 6.45) is -0.0171. The summed E-state index contributed by atoms with van der Waals surface area (Å²) in [5.74, 6) is 0.608. The number of ether oxygens (including phenoxy) is 4. The summed E-state index contributed by atoms with van der Waals surface area (Å²) in [5, 5.41) is 0. The van der Waals surface area contributed by atoms with Crippen LogP contribution in [-0.4, -0.2) is 39.7 Å². The molecule has 0 spiro atoms. The van der Waals surface area contributed by atoms with Crippen molar-refractivity contribution in [3.8, 4) is 17.2 Å². The number of carbonyl (C=O) groups excluding carboxylic acids is 2. The van der Waals surface area contributed by atoms with Gasteiger partial charge in [0.25, 0.3) is 0 Å². The van der Waals surface area contributed by atoms with Crippen LogP contribution in [0.25, 0.3) is 0 Å². The van der Waals surface area contributed by atoms with Gasteiger partial charge in [0.1, 0.15) is 0 Å². The number of aryl methyl sites for hydroxylation is 2. The number of rotatable bonds is 8. The summed E-state index contributed by atoms with van der Waals surface area (Å²) in [6, 6.07) is 8.96. The highest BCUT2D eigenvalue weighted by molar-refractivity contribution is 5.99. The smallest absolute Gasteiger partial charge is 0.310 e. The summed E-state index contributed by atoms with van der Waals surface area (Å²) in [7, 11) is 4.51. The van der Waals surface area contributed by atoms with Crippen LogP contribution in [-0.2, 0) is 16.0 Å². The van der Waals surface area contributed by atoms with Crippen molar-refractivity contribution in [2.75, 3.05) is 27.9 Å². The number of Topliss-reactive ketones (excluding diaryl/α,β-unsaturated/α-hetero) is 1. The minimum Gasteiger partial charge on any atom is -0.493 e. The van der Waals surface area contributed by atoms with E-state index in [4.69, 9.17) is 18.9 Å². The van der Waals surface area contributed by atoms with Crippen molar-refractivity contribution in [1.82, 2.24) is 0 Å². The third-order valence-electron chi connectivity index (χ3n) is 4.13. The lowest BCUT2D eigenvalue weighted by atomic mass is 10.0. The number of benzene rings is 2. The van der Waals surface area contributed by atoms with Crippen molar-refractivity contribution >= 4 is 11.8 Å². The van der Waals surface area contributed by atoms with E-state index in [-0.39, 0.29) is 18.8 Å². The Labute approximate surface area is 159 Å². The minimum absolute atomic E-state index is 0.0171. The Morgan fingerprint density at radius 1 is 0.889 bits per heavy atom. The topological polar surface area (TPSA) is 71.1 Å². The van der Waals surface area contributed by atoms with Gasteiger partial charge in [-0.2, -0.15) is 0 Å². The molecule has 0 radical (unpaired) electrons. The van der Waals surface area contributed by atoms with Crippen LogP contribution < -0.4 is 14.2 Å². The molecule has 0 aromatic heterocycles. The van der Waals surface area contributed by atoms with Gasteiger partial charge in [-0.1, -0.05) is 17.7 Å². The molecule has 0 N–H and O–H groups in total. The fraction of sp³-hybridized carbons (Fsp3) is 0.333. The average molecular weight is 372 g/mol. The fourth-order valence-electron chi connectivity index (χ4n) is 2.72. The number of methoxy groups -OCH3 is 3. The van der Waals surface area contributed by atoms with Gasteiger partial charge in [-0.3, -0.25) is 9.59 Å². The van der Waals surface area contributed by atoms with Crippen molar-refractivity contribution in [3.05, 3.63) is 52.6 Å². The van der Waals surface area contributed by atoms with E-state index in [1.807, 2.05) is 26.0 Å². The highest BCUT2D eigenvalue weighted by Gasteiger charge is 2.17. The third kappa shape index (κ3) is 5.00. The molecule has 0 bridgehead atoms. The molecular formula is C21H24O6. The Bertz CT molecular complexity index is 816. The second kappa shape index (κ2) is 9.07. The molecule has 0 heterocycles. The first kappa shape index (κ1) is 20.3. The molecule has 0 aliphatic rings. The third-order valence-corrected chi connectivity index (χ3v) is 4.13. The summed E-state index contributed by atoms with van der Waals surface area (Å²) >= 11 is 0. The van der Waals surface area contributed by atoms with Gasteiger partial charge in [-0.15, -0.1) is 0 Å². The molecule has 0 aliphatic carbocycles. The highest BCUT2D eigenvalue weighted by Crippen LogP contribution is 2.38. The van der Waals surface area contributed by atoms with Crippen molar-refractivity contribution in [2.45, 2.75) is 20.3 Å². The number of hydrogen-bond acceptors (Lipinski definition) is 6. The predicted octanol–water partition coefficient (Wildman–Crippen LogP) is 3.30. The Balaban J connectivity index is 2.05. The quantitative estimate of drug-likeness (QED) is 0.523. The first-order chi connectivity index (χ1) is 12.9. The molecule has 27 heavy (non-hydrogen) atoms. The van der Waals surface area contributed by atoms with Crippen LogP contribution in [0.15, 0.2) is 30.3 Å². The Morgan fingerprint density at radius 3 is 2.07 bits per heavy atom. The van der Waals surface area contributed by atoms with Crippen LogP contribution in [0.1, 0.15) is 27.0 Å². The fourth-order valence-corrected chi connectivity index (χ4v) is 2.72. The molecule has 6 nitrogen and oxygen atoms in total. The van der Waals surface area contributed by atoms with Gasteiger partial charge in [-0.05, 0) is 43.2 Å². The number of carbonyl (C=O) groups is 2. The summed E-state index contributed by atoms with van der Waals surface area (Å²) in [4.78, 5) is 24.5. The zero-order valence-electron chi connectivity index (χ0n) is 16.3. The van der Waals surface area contributed by atoms with Crippen LogP contribution >= 0.6 is 0 Å². The van der Waals surface area contributed by atoms with Gasteiger partial charge >= 0.3 is 5.97 Å². The second-order valence-corrected chi connectivity index (χ2v) is 6.11. The Morgan fingerprint density at radius 2 is 1.52 bits per heavy atom. The SMILES string of the molecule is COc1cc(CC(=O)OCC(=O)c2cc(C)ccc2C)cc(OC)c1OC. The lowest BCUT2D eigenvalue weighted by molar-refractivity contribution is -0.141. The van der Waals surface area contributed by atoms with Gasteiger partial charge in [0, 0.05) is 5.56 Å². The van der Waals surface area contributed by atoms with Crippen molar-refractivity contribution in [1.29, 1.82) is 0 Å². The summed E-state index contributed by atoms with van der Waals surface area (Å²) in [5.41, 5.74) is 3.03. The maximum atomic E-state index is 12.3. The number of esters is 1. The van der Waals surface area contributed by atoms with Crippen LogP contribution in [0.2, 0.25) is 0 Å². The monoisotopic (exact) mass is 372 g/mol. The molecule has 0 aliphatic heterocycles. The van der Waals surface area contributed by atoms with E-state index >= 15 is 0 Å². The summed E-state index contributed by atoms with van der Waals surface area (Å²) < 4.78 is 21.0. The normalized spacial score (nSPS) is 10.3. The first-order valence-corrected chi connectivity index (χ1v) is 8.44. The van der Waals surface area contributed by atoms with Crippen molar-refractivity contribution in [3.63, 3.8) is 0 Å². The molecule has 0 amide bonds. The minimum atomic E-state index is -0.511. The van der Waals surface area contributed by atoms with Crippen LogP contribution in [0.3, 0.4) is 0 Å².